The number of hydrogen-bond acceptors (Lipinski definition) is 2. The third-order valence-electron chi connectivity index (χ3n) is 3.04. The Morgan fingerprint density at radius 1 is 1.20 bits per heavy atom. The molecule has 4 heteroatoms. The second-order valence-corrected chi connectivity index (χ2v) is 5.30. The Labute approximate surface area is 129 Å². The maximum Gasteiger partial charge on any atom is 0.120 e. The molecule has 0 atom stereocenters. The van der Waals surface area contributed by atoms with Crippen LogP contribution < -0.4 is 10.5 Å². The number of hydrogen-bond donors (Lipinski definition) is 1. The first-order chi connectivity index (χ1) is 9.60. The van der Waals surface area contributed by atoms with Gasteiger partial charge in [0, 0.05) is 10.6 Å². The van der Waals surface area contributed by atoms with Crippen LogP contribution in [0.25, 0.3) is 0 Å². The van der Waals surface area contributed by atoms with Crippen molar-refractivity contribution in [3.63, 3.8) is 0 Å². The van der Waals surface area contributed by atoms with E-state index in [2.05, 4.69) is 6.92 Å². The van der Waals surface area contributed by atoms with Crippen LogP contribution in [-0.2, 0) is 13.0 Å². The van der Waals surface area contributed by atoms with Gasteiger partial charge in [-0.3, -0.25) is 0 Å². The molecule has 104 valence electrons. The van der Waals surface area contributed by atoms with Crippen LogP contribution in [0.2, 0.25) is 5.02 Å². The molecule has 0 saturated heterocycles. The normalized spacial score (nSPS) is 10.3. The van der Waals surface area contributed by atoms with Crippen molar-refractivity contribution >= 4 is 28.8 Å². The Bertz CT molecular complexity index is 610. The van der Waals surface area contributed by atoms with Crippen molar-refractivity contribution in [2.75, 3.05) is 0 Å². The third kappa shape index (κ3) is 3.71. The molecule has 0 spiro atoms. The van der Waals surface area contributed by atoms with Crippen molar-refractivity contribution in [1.29, 1.82) is 0 Å². The standard InChI is InChI=1S/C16H16ClNOS/c1-2-12-9-14(7-8-15(12)17)19-10-11-3-5-13(6-4-11)16(18)20/h3-9H,2,10H2,1H3,(H2,18,20). The van der Waals surface area contributed by atoms with Gasteiger partial charge in [0.1, 0.15) is 17.3 Å². The predicted molar refractivity (Wildman–Crippen MR) is 87.5 cm³/mol. The summed E-state index contributed by atoms with van der Waals surface area (Å²) in [5.74, 6) is 0.824. The van der Waals surface area contributed by atoms with E-state index in [0.29, 0.717) is 11.6 Å². The fourth-order valence-corrected chi connectivity index (χ4v) is 2.23. The molecule has 2 aromatic carbocycles. The molecule has 2 N–H and O–H groups in total. The van der Waals surface area contributed by atoms with Crippen molar-refractivity contribution in [3.05, 3.63) is 64.2 Å². The molecule has 0 aromatic heterocycles. The van der Waals surface area contributed by atoms with Crippen LogP contribution >= 0.6 is 23.8 Å². The zero-order valence-electron chi connectivity index (χ0n) is 11.2. The van der Waals surface area contributed by atoms with E-state index in [1.807, 2.05) is 42.5 Å². The summed E-state index contributed by atoms with van der Waals surface area (Å²) in [6.45, 7) is 2.57. The minimum absolute atomic E-state index is 0.405. The Morgan fingerprint density at radius 2 is 1.90 bits per heavy atom. The maximum absolute atomic E-state index is 6.08. The zero-order chi connectivity index (χ0) is 14.5. The van der Waals surface area contributed by atoms with Crippen LogP contribution in [0.3, 0.4) is 0 Å². The molecule has 2 rings (SSSR count). The molecule has 0 unspecified atom stereocenters. The lowest BCUT2D eigenvalue weighted by Crippen LogP contribution is -2.09. The molecule has 0 fully saturated rings. The topological polar surface area (TPSA) is 35.2 Å². The Balaban J connectivity index is 2.03. The summed E-state index contributed by atoms with van der Waals surface area (Å²) in [5.41, 5.74) is 8.59. The van der Waals surface area contributed by atoms with Crippen molar-refractivity contribution < 1.29 is 4.74 Å². The largest absolute Gasteiger partial charge is 0.489 e. The first-order valence-corrected chi connectivity index (χ1v) is 7.18. The van der Waals surface area contributed by atoms with E-state index in [1.165, 1.54) is 0 Å². The maximum atomic E-state index is 6.08. The van der Waals surface area contributed by atoms with Gasteiger partial charge in [-0.15, -0.1) is 0 Å². The molecule has 0 aliphatic rings. The molecule has 0 bridgehead atoms. The van der Waals surface area contributed by atoms with Gasteiger partial charge in [-0.1, -0.05) is 55.0 Å². The van der Waals surface area contributed by atoms with Crippen molar-refractivity contribution in [2.45, 2.75) is 20.0 Å². The summed E-state index contributed by atoms with van der Waals surface area (Å²) in [4.78, 5) is 0.405. The molecule has 2 aromatic rings. The smallest absolute Gasteiger partial charge is 0.120 e. The van der Waals surface area contributed by atoms with Gasteiger partial charge >= 0.3 is 0 Å². The van der Waals surface area contributed by atoms with Crippen LogP contribution in [0.15, 0.2) is 42.5 Å². The van der Waals surface area contributed by atoms with E-state index in [-0.39, 0.29) is 0 Å². The minimum atomic E-state index is 0.405. The number of rotatable bonds is 5. The lowest BCUT2D eigenvalue weighted by atomic mass is 10.1. The lowest BCUT2D eigenvalue weighted by Gasteiger charge is -2.09. The number of halogens is 1. The van der Waals surface area contributed by atoms with Gasteiger partial charge in [-0.25, -0.2) is 0 Å². The molecule has 0 heterocycles. The second kappa shape index (κ2) is 6.73. The van der Waals surface area contributed by atoms with Crippen LogP contribution in [0, 0.1) is 0 Å². The van der Waals surface area contributed by atoms with Gasteiger partial charge in [-0.05, 0) is 35.7 Å². The SMILES string of the molecule is CCc1cc(OCc2ccc(C(N)=S)cc2)ccc1Cl. The highest BCUT2D eigenvalue weighted by Gasteiger charge is 2.02. The van der Waals surface area contributed by atoms with Gasteiger partial charge < -0.3 is 10.5 Å². The monoisotopic (exact) mass is 305 g/mol. The van der Waals surface area contributed by atoms with Gasteiger partial charge in [0.2, 0.25) is 0 Å². The molecule has 20 heavy (non-hydrogen) atoms. The van der Waals surface area contributed by atoms with E-state index < -0.39 is 0 Å². The number of benzene rings is 2. The first kappa shape index (κ1) is 14.8. The predicted octanol–water partition coefficient (Wildman–Crippen LogP) is 4.12. The molecule has 0 aliphatic heterocycles. The average molecular weight is 306 g/mol. The Morgan fingerprint density at radius 3 is 2.50 bits per heavy atom. The lowest BCUT2D eigenvalue weighted by molar-refractivity contribution is 0.306. The van der Waals surface area contributed by atoms with Crippen molar-refractivity contribution in [3.8, 4) is 5.75 Å². The minimum Gasteiger partial charge on any atom is -0.489 e. The number of thiocarbonyl (C=S) groups is 1. The summed E-state index contributed by atoms with van der Waals surface area (Å²) in [6.07, 6.45) is 0.888. The summed E-state index contributed by atoms with van der Waals surface area (Å²) in [5, 5.41) is 0.778. The van der Waals surface area contributed by atoms with Crippen LogP contribution in [-0.4, -0.2) is 4.99 Å². The van der Waals surface area contributed by atoms with Crippen molar-refractivity contribution in [1.82, 2.24) is 0 Å². The Kier molecular flexibility index (Phi) is 4.99. The van der Waals surface area contributed by atoms with Crippen LogP contribution in [0.4, 0.5) is 0 Å². The second-order valence-electron chi connectivity index (χ2n) is 4.46. The van der Waals surface area contributed by atoms with Crippen LogP contribution in [0.5, 0.6) is 5.75 Å². The summed E-state index contributed by atoms with van der Waals surface area (Å²) in [7, 11) is 0. The van der Waals surface area contributed by atoms with Gasteiger partial charge in [-0.2, -0.15) is 0 Å². The van der Waals surface area contributed by atoms with E-state index in [9.17, 15) is 0 Å². The number of nitrogens with two attached hydrogens (primary N) is 1. The highest BCUT2D eigenvalue weighted by Crippen LogP contribution is 2.23. The molecule has 0 saturated carbocycles. The van der Waals surface area contributed by atoms with E-state index in [4.69, 9.17) is 34.3 Å². The molecule has 0 amide bonds. The van der Waals surface area contributed by atoms with Gasteiger partial charge in [0.15, 0.2) is 0 Å². The third-order valence-corrected chi connectivity index (χ3v) is 3.65. The highest BCUT2D eigenvalue weighted by atomic mass is 35.5. The quantitative estimate of drug-likeness (QED) is 0.844. The molecular weight excluding hydrogens is 290 g/mol. The zero-order valence-corrected chi connectivity index (χ0v) is 12.8. The summed E-state index contributed by atoms with van der Waals surface area (Å²) >= 11 is 11.0. The summed E-state index contributed by atoms with van der Waals surface area (Å²) < 4.78 is 5.77. The van der Waals surface area contributed by atoms with Gasteiger partial charge in [0.25, 0.3) is 0 Å². The first-order valence-electron chi connectivity index (χ1n) is 6.40. The fraction of sp³-hybridized carbons (Fsp3) is 0.188. The fourth-order valence-electron chi connectivity index (χ4n) is 1.84. The van der Waals surface area contributed by atoms with E-state index in [1.54, 1.807) is 0 Å². The highest BCUT2D eigenvalue weighted by molar-refractivity contribution is 7.80. The average Bonchev–Trinajstić information content (AvgIpc) is 2.46. The van der Waals surface area contributed by atoms with E-state index in [0.717, 1.165) is 33.9 Å². The molecule has 2 nitrogen and oxygen atoms in total. The Hall–Kier alpha value is -1.58. The summed E-state index contributed by atoms with van der Waals surface area (Å²) in [6, 6.07) is 13.5. The van der Waals surface area contributed by atoms with E-state index >= 15 is 0 Å². The number of aryl methyl sites for hydroxylation is 1. The molecule has 0 radical (unpaired) electrons. The van der Waals surface area contributed by atoms with Gasteiger partial charge in [0.05, 0.1) is 0 Å². The molecule has 0 aliphatic carbocycles. The van der Waals surface area contributed by atoms with Crippen LogP contribution in [0.1, 0.15) is 23.6 Å². The molecular formula is C16H16ClNOS. The number of ether oxygens (including phenoxy) is 1. The van der Waals surface area contributed by atoms with Crippen molar-refractivity contribution in [2.24, 2.45) is 5.73 Å².